The number of nitriles is 1. The lowest BCUT2D eigenvalue weighted by molar-refractivity contribution is 0.544. The van der Waals surface area contributed by atoms with E-state index in [0.29, 0.717) is 17.5 Å². The first kappa shape index (κ1) is 9.97. The third kappa shape index (κ3) is 1.68. The molecule has 78 valence electrons. The first-order valence-electron chi connectivity index (χ1n) is 5.36. The molecule has 15 heavy (non-hydrogen) atoms. The SMILES string of the molecule is CC1CCN(c2ncccc2C#N)C1C. The zero-order valence-corrected chi connectivity index (χ0v) is 9.14. The summed E-state index contributed by atoms with van der Waals surface area (Å²) in [7, 11) is 0. The van der Waals surface area contributed by atoms with Crippen LogP contribution in [0.4, 0.5) is 5.82 Å². The van der Waals surface area contributed by atoms with Crippen molar-refractivity contribution in [2.45, 2.75) is 26.3 Å². The molecule has 2 unspecified atom stereocenters. The van der Waals surface area contributed by atoms with Crippen molar-refractivity contribution in [2.24, 2.45) is 5.92 Å². The van der Waals surface area contributed by atoms with Crippen molar-refractivity contribution in [3.63, 3.8) is 0 Å². The van der Waals surface area contributed by atoms with Gasteiger partial charge < -0.3 is 4.90 Å². The molecule has 2 rings (SSSR count). The first-order valence-corrected chi connectivity index (χ1v) is 5.36. The molecule has 0 aromatic carbocycles. The Labute approximate surface area is 90.4 Å². The van der Waals surface area contributed by atoms with Gasteiger partial charge in [0.15, 0.2) is 0 Å². The van der Waals surface area contributed by atoms with Crippen LogP contribution in [-0.2, 0) is 0 Å². The Kier molecular flexibility index (Phi) is 2.59. The van der Waals surface area contributed by atoms with E-state index < -0.39 is 0 Å². The number of aromatic nitrogens is 1. The van der Waals surface area contributed by atoms with Crippen molar-refractivity contribution >= 4 is 5.82 Å². The molecular formula is C12H15N3. The van der Waals surface area contributed by atoms with Crippen LogP contribution in [0.5, 0.6) is 0 Å². The Balaban J connectivity index is 2.34. The van der Waals surface area contributed by atoms with E-state index in [1.54, 1.807) is 6.20 Å². The van der Waals surface area contributed by atoms with Gasteiger partial charge in [0.25, 0.3) is 0 Å². The maximum absolute atomic E-state index is 9.01. The highest BCUT2D eigenvalue weighted by Gasteiger charge is 2.29. The van der Waals surface area contributed by atoms with Gasteiger partial charge in [-0.25, -0.2) is 4.98 Å². The predicted molar refractivity (Wildman–Crippen MR) is 59.5 cm³/mol. The summed E-state index contributed by atoms with van der Waals surface area (Å²) in [5.41, 5.74) is 0.679. The molecule has 0 amide bonds. The van der Waals surface area contributed by atoms with Crippen molar-refractivity contribution in [3.05, 3.63) is 23.9 Å². The summed E-state index contributed by atoms with van der Waals surface area (Å²) in [5.74, 6) is 1.52. The minimum Gasteiger partial charge on any atom is -0.353 e. The molecule has 0 bridgehead atoms. The van der Waals surface area contributed by atoms with Gasteiger partial charge in [-0.05, 0) is 31.4 Å². The van der Waals surface area contributed by atoms with Gasteiger partial charge in [0.2, 0.25) is 0 Å². The zero-order valence-electron chi connectivity index (χ0n) is 9.14. The lowest BCUT2D eigenvalue weighted by Gasteiger charge is -2.24. The zero-order chi connectivity index (χ0) is 10.8. The Morgan fingerprint density at radius 1 is 1.53 bits per heavy atom. The monoisotopic (exact) mass is 201 g/mol. The molecule has 1 aromatic heterocycles. The van der Waals surface area contributed by atoms with Gasteiger partial charge in [-0.1, -0.05) is 6.92 Å². The van der Waals surface area contributed by atoms with Crippen LogP contribution in [0.3, 0.4) is 0 Å². The van der Waals surface area contributed by atoms with E-state index in [0.717, 1.165) is 12.4 Å². The highest BCUT2D eigenvalue weighted by molar-refractivity contribution is 5.54. The summed E-state index contributed by atoms with van der Waals surface area (Å²) in [4.78, 5) is 6.56. The van der Waals surface area contributed by atoms with E-state index >= 15 is 0 Å². The molecule has 1 aliphatic heterocycles. The van der Waals surface area contributed by atoms with E-state index in [-0.39, 0.29) is 0 Å². The molecule has 0 N–H and O–H groups in total. The van der Waals surface area contributed by atoms with Gasteiger partial charge in [-0.3, -0.25) is 0 Å². The maximum atomic E-state index is 9.01. The molecule has 1 aromatic rings. The summed E-state index contributed by atoms with van der Waals surface area (Å²) in [6.45, 7) is 5.46. The van der Waals surface area contributed by atoms with E-state index in [1.165, 1.54) is 6.42 Å². The Morgan fingerprint density at radius 2 is 2.33 bits per heavy atom. The number of pyridine rings is 1. The molecule has 2 atom stereocenters. The van der Waals surface area contributed by atoms with Crippen molar-refractivity contribution in [2.75, 3.05) is 11.4 Å². The highest BCUT2D eigenvalue weighted by atomic mass is 15.2. The molecule has 3 heteroatoms. The van der Waals surface area contributed by atoms with Gasteiger partial charge in [-0.2, -0.15) is 5.26 Å². The summed E-state index contributed by atoms with van der Waals surface area (Å²) in [5, 5.41) is 9.01. The largest absolute Gasteiger partial charge is 0.353 e. The van der Waals surface area contributed by atoms with E-state index in [4.69, 9.17) is 5.26 Å². The highest BCUT2D eigenvalue weighted by Crippen LogP contribution is 2.29. The van der Waals surface area contributed by atoms with Crippen LogP contribution in [0.1, 0.15) is 25.8 Å². The van der Waals surface area contributed by atoms with Crippen LogP contribution < -0.4 is 4.90 Å². The summed E-state index contributed by atoms with van der Waals surface area (Å²) in [6, 6.07) is 6.33. The first-order chi connectivity index (χ1) is 7.24. The molecule has 1 saturated heterocycles. The molecule has 0 radical (unpaired) electrons. The fourth-order valence-electron chi connectivity index (χ4n) is 2.11. The van der Waals surface area contributed by atoms with E-state index in [1.807, 2.05) is 12.1 Å². The standard InChI is InChI=1S/C12H15N3/c1-9-5-7-15(10(9)2)12-11(8-13)4-3-6-14-12/h3-4,6,9-10H,5,7H2,1-2H3. The minimum absolute atomic E-state index is 0.479. The quantitative estimate of drug-likeness (QED) is 0.699. The van der Waals surface area contributed by atoms with Crippen molar-refractivity contribution in [1.29, 1.82) is 5.26 Å². The lowest BCUT2D eigenvalue weighted by Crippen LogP contribution is -2.30. The van der Waals surface area contributed by atoms with E-state index in [2.05, 4.69) is 29.8 Å². The molecule has 0 saturated carbocycles. The van der Waals surface area contributed by atoms with Crippen LogP contribution >= 0.6 is 0 Å². The van der Waals surface area contributed by atoms with Crippen LogP contribution in [0.15, 0.2) is 18.3 Å². The molecule has 3 nitrogen and oxygen atoms in total. The second-order valence-electron chi connectivity index (χ2n) is 4.19. The maximum Gasteiger partial charge on any atom is 0.146 e. The number of nitrogens with zero attached hydrogens (tertiary/aromatic N) is 3. The molecule has 1 fully saturated rings. The summed E-state index contributed by atoms with van der Waals surface area (Å²) in [6.07, 6.45) is 2.94. The average Bonchev–Trinajstić information content (AvgIpc) is 2.60. The third-order valence-electron chi connectivity index (χ3n) is 3.32. The third-order valence-corrected chi connectivity index (χ3v) is 3.32. The second-order valence-corrected chi connectivity index (χ2v) is 4.19. The predicted octanol–water partition coefficient (Wildman–Crippen LogP) is 2.19. The fourth-order valence-corrected chi connectivity index (χ4v) is 2.11. The molecular weight excluding hydrogens is 186 g/mol. The normalized spacial score (nSPS) is 25.3. The van der Waals surface area contributed by atoms with Gasteiger partial charge in [0.1, 0.15) is 11.9 Å². The van der Waals surface area contributed by atoms with Gasteiger partial charge in [-0.15, -0.1) is 0 Å². The van der Waals surface area contributed by atoms with Gasteiger partial charge in [0, 0.05) is 18.8 Å². The number of rotatable bonds is 1. The molecule has 2 heterocycles. The fraction of sp³-hybridized carbons (Fsp3) is 0.500. The smallest absolute Gasteiger partial charge is 0.146 e. The Hall–Kier alpha value is -1.56. The van der Waals surface area contributed by atoms with Crippen LogP contribution in [-0.4, -0.2) is 17.6 Å². The minimum atomic E-state index is 0.479. The Morgan fingerprint density at radius 3 is 2.93 bits per heavy atom. The van der Waals surface area contributed by atoms with Crippen molar-refractivity contribution < 1.29 is 0 Å². The average molecular weight is 201 g/mol. The van der Waals surface area contributed by atoms with E-state index in [9.17, 15) is 0 Å². The van der Waals surface area contributed by atoms with Crippen LogP contribution in [0.2, 0.25) is 0 Å². The molecule has 0 aliphatic carbocycles. The van der Waals surface area contributed by atoms with Gasteiger partial charge in [0.05, 0.1) is 5.56 Å². The van der Waals surface area contributed by atoms with Crippen molar-refractivity contribution in [1.82, 2.24) is 4.98 Å². The lowest BCUT2D eigenvalue weighted by atomic mass is 10.1. The van der Waals surface area contributed by atoms with Crippen molar-refractivity contribution in [3.8, 4) is 6.07 Å². The summed E-state index contributed by atoms with van der Waals surface area (Å²) < 4.78 is 0. The number of anilines is 1. The summed E-state index contributed by atoms with van der Waals surface area (Å²) >= 11 is 0. The topological polar surface area (TPSA) is 39.9 Å². The van der Waals surface area contributed by atoms with Crippen LogP contribution in [0, 0.1) is 17.2 Å². The number of hydrogen-bond donors (Lipinski definition) is 0. The van der Waals surface area contributed by atoms with Gasteiger partial charge >= 0.3 is 0 Å². The second kappa shape index (κ2) is 3.90. The number of hydrogen-bond acceptors (Lipinski definition) is 3. The Bertz CT molecular complexity index is 394. The van der Waals surface area contributed by atoms with Crippen LogP contribution in [0.25, 0.3) is 0 Å². The molecule has 0 spiro atoms. The molecule has 1 aliphatic rings.